The van der Waals surface area contributed by atoms with E-state index in [1.807, 2.05) is 4.90 Å². The predicted molar refractivity (Wildman–Crippen MR) is 70.8 cm³/mol. The van der Waals surface area contributed by atoms with Crippen molar-refractivity contribution in [3.8, 4) is 0 Å². The van der Waals surface area contributed by atoms with Crippen molar-refractivity contribution in [3.05, 3.63) is 0 Å². The average molecular weight is 241 g/mol. The van der Waals surface area contributed by atoms with Gasteiger partial charge in [0.1, 0.15) is 0 Å². The van der Waals surface area contributed by atoms with E-state index in [1.165, 1.54) is 19.3 Å². The molecular formula is C13H27N3O. The molecule has 2 N–H and O–H groups in total. The molecular weight excluding hydrogens is 214 g/mol. The summed E-state index contributed by atoms with van der Waals surface area (Å²) in [5, 5.41) is 0. The van der Waals surface area contributed by atoms with Crippen LogP contribution in [0.3, 0.4) is 0 Å². The van der Waals surface area contributed by atoms with Gasteiger partial charge in [-0.2, -0.15) is 0 Å². The molecule has 0 aromatic carbocycles. The number of rotatable bonds is 6. The Morgan fingerprint density at radius 3 is 2.71 bits per heavy atom. The van der Waals surface area contributed by atoms with Crippen LogP contribution in [0.1, 0.15) is 39.0 Å². The van der Waals surface area contributed by atoms with Crippen molar-refractivity contribution in [1.29, 1.82) is 0 Å². The number of unbranched alkanes of at least 4 members (excludes halogenated alkanes) is 3. The van der Waals surface area contributed by atoms with Gasteiger partial charge in [-0.15, -0.1) is 0 Å². The van der Waals surface area contributed by atoms with Crippen molar-refractivity contribution in [2.24, 2.45) is 5.73 Å². The van der Waals surface area contributed by atoms with Crippen molar-refractivity contribution >= 4 is 5.91 Å². The van der Waals surface area contributed by atoms with Gasteiger partial charge >= 0.3 is 0 Å². The highest BCUT2D eigenvalue weighted by atomic mass is 16.2. The molecule has 0 bridgehead atoms. The maximum Gasteiger partial charge on any atom is 0.222 e. The van der Waals surface area contributed by atoms with Gasteiger partial charge in [-0.3, -0.25) is 4.79 Å². The molecule has 1 amide bonds. The topological polar surface area (TPSA) is 49.6 Å². The Balaban J connectivity index is 2.33. The fourth-order valence-corrected chi connectivity index (χ4v) is 2.39. The minimum Gasteiger partial charge on any atom is -0.336 e. The molecule has 0 radical (unpaired) electrons. The molecule has 0 aliphatic carbocycles. The molecule has 1 fully saturated rings. The van der Waals surface area contributed by atoms with Crippen LogP contribution < -0.4 is 5.73 Å². The van der Waals surface area contributed by atoms with Crippen LogP contribution in [-0.2, 0) is 4.79 Å². The van der Waals surface area contributed by atoms with Crippen molar-refractivity contribution in [3.63, 3.8) is 0 Å². The van der Waals surface area contributed by atoms with Crippen LogP contribution >= 0.6 is 0 Å². The lowest BCUT2D eigenvalue weighted by atomic mass is 10.1. The monoisotopic (exact) mass is 241 g/mol. The minimum absolute atomic E-state index is 0.215. The summed E-state index contributed by atoms with van der Waals surface area (Å²) in [6, 6.07) is 0.215. The summed E-state index contributed by atoms with van der Waals surface area (Å²) in [5.74, 6) is 0.296. The van der Waals surface area contributed by atoms with E-state index >= 15 is 0 Å². The second-order valence-corrected chi connectivity index (χ2v) is 5.05. The van der Waals surface area contributed by atoms with Crippen molar-refractivity contribution in [2.75, 3.05) is 33.2 Å². The van der Waals surface area contributed by atoms with E-state index in [-0.39, 0.29) is 6.04 Å². The van der Waals surface area contributed by atoms with Gasteiger partial charge < -0.3 is 15.5 Å². The molecule has 0 spiro atoms. The van der Waals surface area contributed by atoms with Crippen LogP contribution in [0.5, 0.6) is 0 Å². The molecule has 1 aliphatic rings. The fourth-order valence-electron chi connectivity index (χ4n) is 2.39. The zero-order chi connectivity index (χ0) is 12.7. The van der Waals surface area contributed by atoms with Crippen molar-refractivity contribution in [2.45, 2.75) is 45.1 Å². The predicted octanol–water partition coefficient (Wildman–Crippen LogP) is 1.06. The molecule has 1 aliphatic heterocycles. The van der Waals surface area contributed by atoms with Crippen LogP contribution in [0.25, 0.3) is 0 Å². The lowest BCUT2D eigenvalue weighted by Crippen LogP contribution is -2.56. The third kappa shape index (κ3) is 4.64. The van der Waals surface area contributed by atoms with E-state index in [0.29, 0.717) is 18.9 Å². The quantitative estimate of drug-likeness (QED) is 0.707. The molecule has 1 saturated heterocycles. The first-order chi connectivity index (χ1) is 8.19. The molecule has 17 heavy (non-hydrogen) atoms. The second-order valence-electron chi connectivity index (χ2n) is 5.05. The lowest BCUT2D eigenvalue weighted by molar-refractivity contribution is -0.135. The minimum atomic E-state index is 0.215. The number of likely N-dealkylation sites (N-methyl/N-ethyl adjacent to an activating group) is 1. The van der Waals surface area contributed by atoms with Gasteiger partial charge in [0.05, 0.1) is 6.04 Å². The molecule has 1 unspecified atom stereocenters. The summed E-state index contributed by atoms with van der Waals surface area (Å²) >= 11 is 0. The van der Waals surface area contributed by atoms with Gasteiger partial charge in [0.15, 0.2) is 0 Å². The molecule has 4 nitrogen and oxygen atoms in total. The molecule has 0 aromatic heterocycles. The number of nitrogens with two attached hydrogens (primary N) is 1. The molecule has 0 saturated carbocycles. The number of nitrogens with zero attached hydrogens (tertiary/aromatic N) is 2. The number of hydrogen-bond donors (Lipinski definition) is 1. The SMILES string of the molecule is CCCCCCC(=O)N1CCN(C)CC1CN. The van der Waals surface area contributed by atoms with E-state index < -0.39 is 0 Å². The Labute approximate surface area is 105 Å². The average Bonchev–Trinajstić information content (AvgIpc) is 2.34. The number of carbonyl (C=O) groups excluding carboxylic acids is 1. The zero-order valence-electron chi connectivity index (χ0n) is 11.3. The number of carbonyl (C=O) groups is 1. The van der Waals surface area contributed by atoms with Crippen LogP contribution in [0.2, 0.25) is 0 Å². The van der Waals surface area contributed by atoms with Crippen LogP contribution in [0, 0.1) is 0 Å². The van der Waals surface area contributed by atoms with Crippen LogP contribution in [0.4, 0.5) is 0 Å². The Kier molecular flexibility index (Phi) is 6.52. The Hall–Kier alpha value is -0.610. The highest BCUT2D eigenvalue weighted by Gasteiger charge is 2.27. The van der Waals surface area contributed by atoms with E-state index in [0.717, 1.165) is 26.1 Å². The highest BCUT2D eigenvalue weighted by molar-refractivity contribution is 5.76. The Morgan fingerprint density at radius 2 is 2.06 bits per heavy atom. The molecule has 1 heterocycles. The van der Waals surface area contributed by atoms with Crippen molar-refractivity contribution < 1.29 is 4.79 Å². The zero-order valence-corrected chi connectivity index (χ0v) is 11.3. The van der Waals surface area contributed by atoms with Crippen LogP contribution in [-0.4, -0.2) is 55.0 Å². The summed E-state index contributed by atoms with van der Waals surface area (Å²) in [6.07, 6.45) is 5.34. The summed E-state index contributed by atoms with van der Waals surface area (Å²) in [6.45, 7) is 5.48. The molecule has 4 heteroatoms. The summed E-state index contributed by atoms with van der Waals surface area (Å²) in [5.41, 5.74) is 5.75. The summed E-state index contributed by atoms with van der Waals surface area (Å²) < 4.78 is 0. The normalized spacial score (nSPS) is 21.8. The van der Waals surface area contributed by atoms with E-state index in [1.54, 1.807) is 0 Å². The lowest BCUT2D eigenvalue weighted by Gasteiger charge is -2.39. The molecule has 0 aromatic rings. The van der Waals surface area contributed by atoms with Crippen LogP contribution in [0.15, 0.2) is 0 Å². The van der Waals surface area contributed by atoms with Crippen molar-refractivity contribution in [1.82, 2.24) is 9.80 Å². The summed E-state index contributed by atoms with van der Waals surface area (Å²) in [7, 11) is 2.09. The maximum absolute atomic E-state index is 12.1. The fraction of sp³-hybridized carbons (Fsp3) is 0.923. The molecule has 1 atom stereocenters. The van der Waals surface area contributed by atoms with E-state index in [2.05, 4.69) is 18.9 Å². The smallest absolute Gasteiger partial charge is 0.222 e. The first-order valence-corrected chi connectivity index (χ1v) is 6.87. The third-order valence-electron chi connectivity index (χ3n) is 3.52. The van der Waals surface area contributed by atoms with E-state index in [4.69, 9.17) is 5.73 Å². The molecule has 100 valence electrons. The largest absolute Gasteiger partial charge is 0.336 e. The maximum atomic E-state index is 12.1. The van der Waals surface area contributed by atoms with Gasteiger partial charge in [-0.25, -0.2) is 0 Å². The Morgan fingerprint density at radius 1 is 1.29 bits per heavy atom. The highest BCUT2D eigenvalue weighted by Crippen LogP contribution is 2.12. The molecule has 1 rings (SSSR count). The van der Waals surface area contributed by atoms with Gasteiger partial charge in [0.2, 0.25) is 5.91 Å². The second kappa shape index (κ2) is 7.67. The van der Waals surface area contributed by atoms with Gasteiger partial charge in [0, 0.05) is 32.6 Å². The van der Waals surface area contributed by atoms with Gasteiger partial charge in [-0.1, -0.05) is 26.2 Å². The van der Waals surface area contributed by atoms with E-state index in [9.17, 15) is 4.79 Å². The number of piperazine rings is 1. The number of hydrogen-bond acceptors (Lipinski definition) is 3. The van der Waals surface area contributed by atoms with Gasteiger partial charge in [0.25, 0.3) is 0 Å². The van der Waals surface area contributed by atoms with Gasteiger partial charge in [-0.05, 0) is 13.5 Å². The first kappa shape index (κ1) is 14.5. The number of amides is 1. The summed E-state index contributed by atoms with van der Waals surface area (Å²) in [4.78, 5) is 16.3. The standard InChI is InChI=1S/C13H27N3O/c1-3-4-5-6-7-13(17)16-9-8-15(2)11-12(16)10-14/h12H,3-11,14H2,1-2H3. The first-order valence-electron chi connectivity index (χ1n) is 6.87. The Bertz CT molecular complexity index is 233. The third-order valence-corrected chi connectivity index (χ3v) is 3.52.